The van der Waals surface area contributed by atoms with Crippen LogP contribution in [-0.2, 0) is 0 Å². The minimum atomic E-state index is 0. The van der Waals surface area contributed by atoms with Gasteiger partial charge < -0.3 is 9.73 Å². The van der Waals surface area contributed by atoms with Crippen molar-refractivity contribution in [2.24, 2.45) is 0 Å². The molecule has 0 atom stereocenters. The van der Waals surface area contributed by atoms with E-state index in [4.69, 9.17) is 4.42 Å². The molecule has 0 bridgehead atoms. The highest BCUT2D eigenvalue weighted by Gasteiger charge is 2.25. The summed E-state index contributed by atoms with van der Waals surface area (Å²) >= 11 is 0. The van der Waals surface area contributed by atoms with Gasteiger partial charge in [0.2, 0.25) is 0 Å². The Kier molecular flexibility index (Phi) is 3.98. The van der Waals surface area contributed by atoms with Gasteiger partial charge in [-0.3, -0.25) is 0 Å². The predicted molar refractivity (Wildman–Crippen MR) is 76.9 cm³/mol. The number of hydrogen-bond donors (Lipinski definition) is 1. The predicted octanol–water partition coefficient (Wildman–Crippen LogP) is 3.89. The fraction of sp³-hybridized carbons (Fsp3) is 0.467. The van der Waals surface area contributed by atoms with Gasteiger partial charge in [-0.2, -0.15) is 0 Å². The number of piperidine rings is 1. The molecule has 18 heavy (non-hydrogen) atoms. The molecule has 1 saturated heterocycles. The zero-order valence-corrected chi connectivity index (χ0v) is 11.8. The van der Waals surface area contributed by atoms with Crippen molar-refractivity contribution in [3.05, 3.63) is 35.3 Å². The average Bonchev–Trinajstić information content (AvgIpc) is 2.64. The first kappa shape index (κ1) is 13.4. The van der Waals surface area contributed by atoms with Crippen LogP contribution in [0.1, 0.15) is 35.4 Å². The second kappa shape index (κ2) is 5.33. The molecule has 0 amide bonds. The van der Waals surface area contributed by atoms with Gasteiger partial charge in [0.25, 0.3) is 0 Å². The lowest BCUT2D eigenvalue weighted by atomic mass is 9.87. The summed E-state index contributed by atoms with van der Waals surface area (Å²) in [4.78, 5) is 0. The molecule has 1 N–H and O–H groups in total. The molecular weight excluding hydrogens is 246 g/mol. The van der Waals surface area contributed by atoms with E-state index >= 15 is 0 Å². The lowest BCUT2D eigenvalue weighted by Gasteiger charge is -2.24. The van der Waals surface area contributed by atoms with Crippen molar-refractivity contribution in [3.63, 3.8) is 0 Å². The highest BCUT2D eigenvalue weighted by atomic mass is 35.5. The van der Waals surface area contributed by atoms with Crippen LogP contribution in [0, 0.1) is 13.8 Å². The summed E-state index contributed by atoms with van der Waals surface area (Å²) in [6, 6.07) is 2.13. The largest absolute Gasteiger partial charge is 0.472 e. The molecule has 0 radical (unpaired) electrons. The lowest BCUT2D eigenvalue weighted by molar-refractivity contribution is 0.460. The smallest absolute Gasteiger partial charge is 0.0982 e. The van der Waals surface area contributed by atoms with E-state index in [-0.39, 0.29) is 12.4 Å². The fourth-order valence-corrected chi connectivity index (χ4v) is 3.14. The maximum atomic E-state index is 5.31. The molecule has 0 unspecified atom stereocenters. The number of hydrogen-bond acceptors (Lipinski definition) is 2. The summed E-state index contributed by atoms with van der Waals surface area (Å²) < 4.78 is 5.31. The van der Waals surface area contributed by atoms with E-state index in [1.54, 1.807) is 11.8 Å². The Morgan fingerprint density at radius 1 is 1.11 bits per heavy atom. The van der Waals surface area contributed by atoms with Crippen molar-refractivity contribution in [2.75, 3.05) is 13.1 Å². The third-order valence-electron chi connectivity index (χ3n) is 4.20. The Balaban J connectivity index is 0.00000120. The van der Waals surface area contributed by atoms with Gasteiger partial charge in [-0.05, 0) is 74.0 Å². The molecule has 0 aromatic rings. The molecule has 3 heteroatoms. The average molecular weight is 266 g/mol. The number of rotatable bonds is 1. The third kappa shape index (κ3) is 2.04. The first-order valence-corrected chi connectivity index (χ1v) is 6.44. The summed E-state index contributed by atoms with van der Waals surface area (Å²) in [6.45, 7) is 6.75. The molecule has 2 nitrogen and oxygen atoms in total. The van der Waals surface area contributed by atoms with E-state index in [9.17, 15) is 0 Å². The zero-order valence-electron chi connectivity index (χ0n) is 11.0. The third-order valence-corrected chi connectivity index (χ3v) is 4.20. The van der Waals surface area contributed by atoms with Crippen molar-refractivity contribution in [1.82, 2.24) is 5.32 Å². The summed E-state index contributed by atoms with van der Waals surface area (Å²) in [7, 11) is 0. The number of halogens is 1. The summed E-state index contributed by atoms with van der Waals surface area (Å²) in [6.07, 6.45) is 6.20. The van der Waals surface area contributed by atoms with E-state index in [1.807, 2.05) is 6.26 Å². The van der Waals surface area contributed by atoms with Gasteiger partial charge >= 0.3 is 0 Å². The van der Waals surface area contributed by atoms with Crippen LogP contribution in [0.2, 0.25) is 0 Å². The van der Waals surface area contributed by atoms with E-state index in [0.717, 1.165) is 19.0 Å². The standard InChI is InChI=1S/C15H19NO.ClH/c1-10-11(2)15(12-3-6-16-7-4-12)13-5-8-17-9-14(10)13;/h5,8-9,12,16H,3-4,6-7H2,1-2H3;1H. The fourth-order valence-electron chi connectivity index (χ4n) is 3.14. The second-order valence-corrected chi connectivity index (χ2v) is 5.07. The molecular formula is C15H20ClNO. The first-order valence-electron chi connectivity index (χ1n) is 6.44. The van der Waals surface area contributed by atoms with Crippen molar-refractivity contribution in [1.29, 1.82) is 0 Å². The molecule has 3 aliphatic rings. The Morgan fingerprint density at radius 2 is 1.83 bits per heavy atom. The molecule has 3 rings (SSSR count). The van der Waals surface area contributed by atoms with Gasteiger partial charge in [0.1, 0.15) is 0 Å². The monoisotopic (exact) mass is 265 g/mol. The maximum Gasteiger partial charge on any atom is 0.0982 e. The van der Waals surface area contributed by atoms with E-state index in [0.29, 0.717) is 0 Å². The van der Waals surface area contributed by atoms with Crippen LogP contribution in [0.25, 0.3) is 11.1 Å². The van der Waals surface area contributed by atoms with Crippen LogP contribution in [0.5, 0.6) is 0 Å². The summed E-state index contributed by atoms with van der Waals surface area (Å²) in [5, 5.41) is 3.44. The Morgan fingerprint density at radius 3 is 2.56 bits per heavy atom. The van der Waals surface area contributed by atoms with E-state index in [1.165, 1.54) is 35.1 Å². The second-order valence-electron chi connectivity index (χ2n) is 5.07. The van der Waals surface area contributed by atoms with Crippen molar-refractivity contribution < 1.29 is 4.42 Å². The molecule has 0 spiro atoms. The summed E-state index contributed by atoms with van der Waals surface area (Å²) in [5.74, 6) is 0.717. The van der Waals surface area contributed by atoms with Gasteiger partial charge in [-0.15, -0.1) is 12.4 Å². The highest BCUT2D eigenvalue weighted by Crippen LogP contribution is 2.42. The van der Waals surface area contributed by atoms with Crippen molar-refractivity contribution in [2.45, 2.75) is 32.6 Å². The molecule has 1 aliphatic carbocycles. The molecule has 0 aromatic heterocycles. The van der Waals surface area contributed by atoms with Gasteiger partial charge in [-0.25, -0.2) is 0 Å². The summed E-state index contributed by atoms with van der Waals surface area (Å²) in [5.41, 5.74) is 7.11. The van der Waals surface area contributed by atoms with Crippen LogP contribution < -0.4 is 5.32 Å². The minimum absolute atomic E-state index is 0. The normalized spacial score (nSPS) is 16.8. The molecule has 2 aliphatic heterocycles. The Labute approximate surface area is 115 Å². The first-order chi connectivity index (χ1) is 8.29. The van der Waals surface area contributed by atoms with Crippen LogP contribution >= 0.6 is 12.4 Å². The van der Waals surface area contributed by atoms with Gasteiger partial charge in [0.15, 0.2) is 0 Å². The van der Waals surface area contributed by atoms with Crippen LogP contribution in [0.3, 0.4) is 0 Å². The lowest BCUT2D eigenvalue weighted by Crippen LogP contribution is -2.26. The zero-order chi connectivity index (χ0) is 11.8. The van der Waals surface area contributed by atoms with E-state index in [2.05, 4.69) is 25.2 Å². The van der Waals surface area contributed by atoms with Crippen molar-refractivity contribution in [3.8, 4) is 11.1 Å². The molecule has 1 fully saturated rings. The van der Waals surface area contributed by atoms with Gasteiger partial charge in [0, 0.05) is 5.56 Å². The highest BCUT2D eigenvalue weighted by molar-refractivity contribution is 5.85. The molecule has 0 aromatic carbocycles. The quantitative estimate of drug-likeness (QED) is 0.846. The van der Waals surface area contributed by atoms with Crippen molar-refractivity contribution >= 4 is 12.4 Å². The number of fused-ring (bicyclic) bond motifs is 1. The van der Waals surface area contributed by atoms with Crippen LogP contribution in [0.4, 0.5) is 0 Å². The van der Waals surface area contributed by atoms with Crippen LogP contribution in [0.15, 0.2) is 23.0 Å². The molecule has 0 saturated carbocycles. The topological polar surface area (TPSA) is 25.2 Å². The maximum absolute atomic E-state index is 5.31. The Hall–Kier alpha value is -0.990. The number of nitrogens with one attached hydrogen (secondary N) is 1. The van der Waals surface area contributed by atoms with Gasteiger partial charge in [-0.1, -0.05) is 0 Å². The van der Waals surface area contributed by atoms with Gasteiger partial charge in [0.05, 0.1) is 12.5 Å². The van der Waals surface area contributed by atoms with E-state index < -0.39 is 0 Å². The van der Waals surface area contributed by atoms with Crippen LogP contribution in [-0.4, -0.2) is 13.1 Å². The SMILES string of the molecule is Cc1c2coccc-2c(C2CCNCC2)c1C.Cl. The Bertz CT molecular complexity index is 500. The minimum Gasteiger partial charge on any atom is -0.472 e. The molecule has 2 heterocycles. The molecule has 98 valence electrons.